The number of carbonyl (C=O) groups is 1. The van der Waals surface area contributed by atoms with Gasteiger partial charge < -0.3 is 9.64 Å². The number of rotatable bonds is 1. The van der Waals surface area contributed by atoms with Crippen LogP contribution in [0.1, 0.15) is 6.42 Å². The summed E-state index contributed by atoms with van der Waals surface area (Å²) < 4.78 is 5.60. The molecular weight excluding hydrogens is 240 g/mol. The topological polar surface area (TPSA) is 42.4 Å². The molecule has 0 N–H and O–H groups in total. The molecule has 1 aromatic carbocycles. The Morgan fingerprint density at radius 3 is 2.95 bits per heavy atom. The van der Waals surface area contributed by atoms with Gasteiger partial charge in [-0.1, -0.05) is 6.07 Å². The largest absolute Gasteiger partial charge is 0.491 e. The van der Waals surface area contributed by atoms with E-state index in [2.05, 4.69) is 4.98 Å². The third-order valence-electron chi connectivity index (χ3n) is 3.23. The molecule has 0 spiro atoms. The van der Waals surface area contributed by atoms with E-state index in [0.717, 1.165) is 22.7 Å². The highest BCUT2D eigenvalue weighted by atomic mass is 16.5. The molecule has 2 aromatic rings. The highest BCUT2D eigenvalue weighted by Gasteiger charge is 2.20. The molecule has 3 rings (SSSR count). The molecule has 0 atom stereocenters. The number of aromatic nitrogens is 1. The van der Waals surface area contributed by atoms with Crippen LogP contribution in [0.5, 0.6) is 5.75 Å². The van der Waals surface area contributed by atoms with Crippen LogP contribution in [0.15, 0.2) is 42.6 Å². The predicted molar refractivity (Wildman–Crippen MR) is 73.2 cm³/mol. The number of amides is 1. The maximum atomic E-state index is 11.9. The van der Waals surface area contributed by atoms with Gasteiger partial charge in [0.1, 0.15) is 5.75 Å². The van der Waals surface area contributed by atoms with E-state index >= 15 is 0 Å². The normalized spacial score (nSPS) is 14.6. The number of ether oxygens (including phenoxy) is 1. The summed E-state index contributed by atoms with van der Waals surface area (Å²) in [5, 5.41) is 0. The first-order valence-electron chi connectivity index (χ1n) is 6.20. The summed E-state index contributed by atoms with van der Waals surface area (Å²) in [6, 6.07) is 11.6. The molecule has 4 heteroatoms. The zero-order chi connectivity index (χ0) is 13.2. The molecule has 0 bridgehead atoms. The van der Waals surface area contributed by atoms with Gasteiger partial charge in [-0.15, -0.1) is 0 Å². The minimum Gasteiger partial charge on any atom is -0.491 e. The van der Waals surface area contributed by atoms with Crippen molar-refractivity contribution < 1.29 is 9.53 Å². The van der Waals surface area contributed by atoms with Gasteiger partial charge in [0, 0.05) is 18.8 Å². The molecule has 1 amide bonds. The number of pyridine rings is 1. The van der Waals surface area contributed by atoms with E-state index in [-0.39, 0.29) is 5.91 Å². The Morgan fingerprint density at radius 2 is 2.16 bits per heavy atom. The lowest BCUT2D eigenvalue weighted by molar-refractivity contribution is -0.118. The minimum atomic E-state index is 0.0666. The van der Waals surface area contributed by atoms with Crippen LogP contribution in [0.3, 0.4) is 0 Å². The number of nitrogens with zero attached hydrogens (tertiary/aromatic N) is 2. The molecule has 2 heterocycles. The predicted octanol–water partition coefficient (Wildman–Crippen LogP) is 2.49. The fraction of sp³-hybridized carbons (Fsp3) is 0.200. The standard InChI is InChI=1S/C15H14N2O2/c1-17-13-10-11(12-4-2-3-8-16-12)5-6-14(13)19-9-7-15(17)18/h2-6,8,10H,7,9H2,1H3. The van der Waals surface area contributed by atoms with Crippen LogP contribution in [0.2, 0.25) is 0 Å². The third kappa shape index (κ3) is 2.17. The highest BCUT2D eigenvalue weighted by molar-refractivity contribution is 5.95. The Labute approximate surface area is 111 Å². The monoisotopic (exact) mass is 254 g/mol. The summed E-state index contributed by atoms with van der Waals surface area (Å²) in [4.78, 5) is 17.8. The number of hydrogen-bond acceptors (Lipinski definition) is 3. The molecule has 96 valence electrons. The molecule has 19 heavy (non-hydrogen) atoms. The summed E-state index contributed by atoms with van der Waals surface area (Å²) in [6.07, 6.45) is 2.16. The quantitative estimate of drug-likeness (QED) is 0.785. The fourth-order valence-corrected chi connectivity index (χ4v) is 2.14. The molecule has 0 radical (unpaired) electrons. The summed E-state index contributed by atoms with van der Waals surface area (Å²) in [5.74, 6) is 0.810. The van der Waals surface area contributed by atoms with Gasteiger partial charge in [0.05, 0.1) is 24.4 Å². The van der Waals surface area contributed by atoms with Crippen LogP contribution >= 0.6 is 0 Å². The van der Waals surface area contributed by atoms with Crippen LogP contribution < -0.4 is 9.64 Å². The summed E-state index contributed by atoms with van der Waals surface area (Å²) in [6.45, 7) is 0.430. The molecule has 1 aromatic heterocycles. The maximum absolute atomic E-state index is 11.9. The van der Waals surface area contributed by atoms with E-state index in [1.54, 1.807) is 18.1 Å². The van der Waals surface area contributed by atoms with Crippen molar-refractivity contribution in [2.75, 3.05) is 18.6 Å². The van der Waals surface area contributed by atoms with E-state index < -0.39 is 0 Å². The lowest BCUT2D eigenvalue weighted by Gasteiger charge is -2.17. The number of carbonyl (C=O) groups excluding carboxylic acids is 1. The Kier molecular flexibility index (Phi) is 2.91. The van der Waals surface area contributed by atoms with E-state index in [1.807, 2.05) is 36.4 Å². The van der Waals surface area contributed by atoms with Gasteiger partial charge in [0.15, 0.2) is 0 Å². The lowest BCUT2D eigenvalue weighted by atomic mass is 10.1. The fourth-order valence-electron chi connectivity index (χ4n) is 2.14. The van der Waals surface area contributed by atoms with Gasteiger partial charge in [-0.3, -0.25) is 9.78 Å². The van der Waals surface area contributed by atoms with Crippen molar-refractivity contribution >= 4 is 11.6 Å². The van der Waals surface area contributed by atoms with Crippen molar-refractivity contribution in [3.8, 4) is 17.0 Å². The second kappa shape index (κ2) is 4.72. The van der Waals surface area contributed by atoms with Gasteiger partial charge >= 0.3 is 0 Å². The van der Waals surface area contributed by atoms with E-state index in [9.17, 15) is 4.79 Å². The molecule has 1 aliphatic heterocycles. The van der Waals surface area contributed by atoms with Gasteiger partial charge in [0.2, 0.25) is 5.91 Å². The first-order chi connectivity index (χ1) is 9.25. The summed E-state index contributed by atoms with van der Waals surface area (Å²) in [7, 11) is 1.78. The van der Waals surface area contributed by atoms with Crippen molar-refractivity contribution in [1.29, 1.82) is 0 Å². The van der Waals surface area contributed by atoms with E-state index in [4.69, 9.17) is 4.74 Å². The number of hydrogen-bond donors (Lipinski definition) is 0. The third-order valence-corrected chi connectivity index (χ3v) is 3.23. The molecule has 0 aliphatic carbocycles. The first-order valence-corrected chi connectivity index (χ1v) is 6.20. The SMILES string of the molecule is CN1C(=O)CCOc2ccc(-c3ccccn3)cc21. The lowest BCUT2D eigenvalue weighted by Crippen LogP contribution is -2.25. The summed E-state index contributed by atoms with van der Waals surface area (Å²) >= 11 is 0. The smallest absolute Gasteiger partial charge is 0.230 e. The van der Waals surface area contributed by atoms with Crippen LogP contribution in [-0.2, 0) is 4.79 Å². The van der Waals surface area contributed by atoms with Crippen LogP contribution in [0.4, 0.5) is 5.69 Å². The van der Waals surface area contributed by atoms with E-state index in [1.165, 1.54) is 0 Å². The molecule has 1 aliphatic rings. The molecular formula is C15H14N2O2. The number of benzene rings is 1. The Balaban J connectivity index is 2.08. The summed E-state index contributed by atoms with van der Waals surface area (Å²) in [5.41, 5.74) is 2.66. The molecule has 0 unspecified atom stereocenters. The minimum absolute atomic E-state index is 0.0666. The van der Waals surface area contributed by atoms with Crippen molar-refractivity contribution in [3.63, 3.8) is 0 Å². The Hall–Kier alpha value is -2.36. The number of anilines is 1. The Bertz CT molecular complexity index is 611. The van der Waals surface area contributed by atoms with Crippen molar-refractivity contribution in [1.82, 2.24) is 4.98 Å². The highest BCUT2D eigenvalue weighted by Crippen LogP contribution is 2.34. The zero-order valence-electron chi connectivity index (χ0n) is 10.7. The van der Waals surface area contributed by atoms with Crippen molar-refractivity contribution in [2.24, 2.45) is 0 Å². The van der Waals surface area contributed by atoms with Gasteiger partial charge in [-0.2, -0.15) is 0 Å². The second-order valence-corrected chi connectivity index (χ2v) is 4.45. The average Bonchev–Trinajstić information content (AvgIpc) is 2.60. The van der Waals surface area contributed by atoms with E-state index in [0.29, 0.717) is 13.0 Å². The van der Waals surface area contributed by atoms with Crippen LogP contribution in [0.25, 0.3) is 11.3 Å². The molecule has 0 saturated carbocycles. The Morgan fingerprint density at radius 1 is 1.26 bits per heavy atom. The van der Waals surface area contributed by atoms with Gasteiger partial charge in [-0.25, -0.2) is 0 Å². The van der Waals surface area contributed by atoms with Crippen LogP contribution in [0, 0.1) is 0 Å². The number of fused-ring (bicyclic) bond motifs is 1. The van der Waals surface area contributed by atoms with Crippen LogP contribution in [-0.4, -0.2) is 24.5 Å². The van der Waals surface area contributed by atoms with Gasteiger partial charge in [-0.05, 0) is 30.3 Å². The average molecular weight is 254 g/mol. The van der Waals surface area contributed by atoms with Crippen molar-refractivity contribution in [2.45, 2.75) is 6.42 Å². The van der Waals surface area contributed by atoms with Crippen molar-refractivity contribution in [3.05, 3.63) is 42.6 Å². The van der Waals surface area contributed by atoms with Gasteiger partial charge in [0.25, 0.3) is 0 Å². The molecule has 4 nitrogen and oxygen atoms in total. The molecule has 0 saturated heterocycles. The maximum Gasteiger partial charge on any atom is 0.230 e. The molecule has 0 fully saturated rings. The zero-order valence-corrected chi connectivity index (χ0v) is 10.7. The first kappa shape index (κ1) is 11.7. The second-order valence-electron chi connectivity index (χ2n) is 4.45.